The van der Waals surface area contributed by atoms with Gasteiger partial charge in [0.05, 0.1) is 4.53 Å². The first-order valence-electron chi connectivity index (χ1n) is 8.80. The fraction of sp³-hybridized carbons (Fsp3) is 0.450. The SMILES string of the molecule is Cc1ccsc1/C=c1/s/c(=C\C(=O)C(C)(C)C)n(CC(=O)NC(C)C)c1=O. The van der Waals surface area contributed by atoms with Gasteiger partial charge in [-0.25, -0.2) is 0 Å². The van der Waals surface area contributed by atoms with Crippen LogP contribution in [0.15, 0.2) is 16.2 Å². The zero-order valence-electron chi connectivity index (χ0n) is 16.6. The highest BCUT2D eigenvalue weighted by molar-refractivity contribution is 7.11. The first-order chi connectivity index (χ1) is 12.5. The molecule has 0 fully saturated rings. The van der Waals surface area contributed by atoms with Gasteiger partial charge in [-0.3, -0.25) is 19.0 Å². The van der Waals surface area contributed by atoms with Crippen LogP contribution in [0.3, 0.4) is 0 Å². The smallest absolute Gasteiger partial charge is 0.269 e. The van der Waals surface area contributed by atoms with E-state index in [0.717, 1.165) is 10.4 Å². The molecule has 0 saturated carbocycles. The van der Waals surface area contributed by atoms with Gasteiger partial charge in [-0.2, -0.15) is 0 Å². The number of carbonyl (C=O) groups excluding carboxylic acids is 2. The Balaban J connectivity index is 2.62. The zero-order valence-corrected chi connectivity index (χ0v) is 18.2. The summed E-state index contributed by atoms with van der Waals surface area (Å²) in [6.07, 6.45) is 3.32. The molecule has 2 aromatic rings. The number of ketones is 1. The van der Waals surface area contributed by atoms with Crippen molar-refractivity contribution in [2.24, 2.45) is 5.41 Å². The molecule has 146 valence electrons. The van der Waals surface area contributed by atoms with Crippen LogP contribution >= 0.6 is 22.7 Å². The summed E-state index contributed by atoms with van der Waals surface area (Å²) in [4.78, 5) is 38.6. The number of nitrogens with zero attached hydrogens (tertiary/aromatic N) is 1. The number of carbonyl (C=O) groups is 2. The molecule has 2 aromatic heterocycles. The third kappa shape index (κ3) is 5.49. The van der Waals surface area contributed by atoms with E-state index in [1.54, 1.807) is 11.3 Å². The topological polar surface area (TPSA) is 68.2 Å². The van der Waals surface area contributed by atoms with Gasteiger partial charge in [0.1, 0.15) is 11.2 Å². The lowest BCUT2D eigenvalue weighted by molar-refractivity contribution is -0.122. The van der Waals surface area contributed by atoms with Crippen LogP contribution in [0.5, 0.6) is 0 Å². The Morgan fingerprint density at radius 3 is 2.48 bits per heavy atom. The fourth-order valence-electron chi connectivity index (χ4n) is 2.28. The van der Waals surface area contributed by atoms with Gasteiger partial charge in [0, 0.05) is 22.4 Å². The monoisotopic (exact) mass is 406 g/mol. The summed E-state index contributed by atoms with van der Waals surface area (Å²) in [6.45, 7) is 11.1. The van der Waals surface area contributed by atoms with Gasteiger partial charge in [0.2, 0.25) is 5.91 Å². The standard InChI is InChI=1S/C20H26N2O3S2/c1-12(2)21-17(24)11-22-18(10-16(23)20(4,5)6)27-15(19(22)25)9-14-13(3)7-8-26-14/h7-10,12H,11H2,1-6H3,(H,21,24)/b15-9+,18-10-. The second-order valence-electron chi connectivity index (χ2n) is 7.79. The Bertz CT molecular complexity index is 1020. The van der Waals surface area contributed by atoms with Gasteiger partial charge >= 0.3 is 0 Å². The van der Waals surface area contributed by atoms with E-state index < -0.39 is 5.41 Å². The summed E-state index contributed by atoms with van der Waals surface area (Å²) in [5.41, 5.74) is 0.284. The quantitative estimate of drug-likeness (QED) is 0.826. The Morgan fingerprint density at radius 1 is 1.30 bits per heavy atom. The van der Waals surface area contributed by atoms with Crippen LogP contribution in [0, 0.1) is 12.3 Å². The molecule has 27 heavy (non-hydrogen) atoms. The summed E-state index contributed by atoms with van der Waals surface area (Å²) >= 11 is 2.80. The summed E-state index contributed by atoms with van der Waals surface area (Å²) in [5, 5.41) is 4.76. The van der Waals surface area contributed by atoms with Crippen LogP contribution < -0.4 is 20.1 Å². The van der Waals surface area contributed by atoms with Crippen LogP contribution in [0.25, 0.3) is 12.2 Å². The molecule has 0 spiro atoms. The molecule has 5 nitrogen and oxygen atoms in total. The number of hydrogen-bond donors (Lipinski definition) is 1. The summed E-state index contributed by atoms with van der Waals surface area (Å²) in [7, 11) is 0. The molecule has 0 radical (unpaired) electrons. The first kappa shape index (κ1) is 21.3. The minimum Gasteiger partial charge on any atom is -0.352 e. The third-order valence-corrected chi connectivity index (χ3v) is 5.87. The van der Waals surface area contributed by atoms with E-state index in [0.29, 0.717) is 9.20 Å². The molecule has 2 rings (SSSR count). The van der Waals surface area contributed by atoms with Crippen LogP contribution in [-0.2, 0) is 16.1 Å². The maximum absolute atomic E-state index is 12.9. The lowest BCUT2D eigenvalue weighted by Gasteiger charge is -2.13. The Morgan fingerprint density at radius 2 is 1.96 bits per heavy atom. The van der Waals surface area contributed by atoms with E-state index in [4.69, 9.17) is 0 Å². The van der Waals surface area contributed by atoms with E-state index in [9.17, 15) is 14.4 Å². The Hall–Kier alpha value is -1.99. The number of hydrogen-bond acceptors (Lipinski definition) is 5. The van der Waals surface area contributed by atoms with Crippen molar-refractivity contribution in [1.29, 1.82) is 0 Å². The van der Waals surface area contributed by atoms with Crippen LogP contribution in [0.2, 0.25) is 0 Å². The summed E-state index contributed by atoms with van der Waals surface area (Å²) in [6, 6.07) is 1.98. The van der Waals surface area contributed by atoms with Crippen LogP contribution in [0.1, 0.15) is 45.1 Å². The average molecular weight is 407 g/mol. The van der Waals surface area contributed by atoms with E-state index in [1.165, 1.54) is 22.0 Å². The molecule has 0 aliphatic heterocycles. The number of nitrogens with one attached hydrogen (secondary N) is 1. The van der Waals surface area contributed by atoms with Crippen molar-refractivity contribution in [3.05, 3.63) is 41.4 Å². The van der Waals surface area contributed by atoms with E-state index in [-0.39, 0.29) is 29.8 Å². The Kier molecular flexibility index (Phi) is 6.59. The minimum atomic E-state index is -0.556. The number of thiophene rings is 1. The fourth-order valence-corrected chi connectivity index (χ4v) is 4.24. The van der Waals surface area contributed by atoms with Crippen molar-refractivity contribution in [2.75, 3.05) is 0 Å². The number of amides is 1. The van der Waals surface area contributed by atoms with Crippen molar-refractivity contribution >= 4 is 46.5 Å². The molecule has 1 amide bonds. The lowest BCUT2D eigenvalue weighted by atomic mass is 9.91. The van der Waals surface area contributed by atoms with Gasteiger partial charge in [-0.15, -0.1) is 22.7 Å². The minimum absolute atomic E-state index is 0.0183. The highest BCUT2D eigenvalue weighted by Crippen LogP contribution is 2.16. The van der Waals surface area contributed by atoms with Crippen molar-refractivity contribution in [1.82, 2.24) is 9.88 Å². The molecule has 0 unspecified atom stereocenters. The molecule has 0 aliphatic rings. The molecular weight excluding hydrogens is 380 g/mol. The highest BCUT2D eigenvalue weighted by Gasteiger charge is 2.20. The second-order valence-corrected chi connectivity index (χ2v) is 9.80. The van der Waals surface area contributed by atoms with Gasteiger partial charge in [0.25, 0.3) is 5.56 Å². The second kappa shape index (κ2) is 8.35. The molecule has 0 bridgehead atoms. The van der Waals surface area contributed by atoms with Crippen molar-refractivity contribution < 1.29 is 9.59 Å². The molecular formula is C20H26N2O3S2. The highest BCUT2D eigenvalue weighted by atomic mass is 32.1. The lowest BCUT2D eigenvalue weighted by Crippen LogP contribution is -2.40. The maximum atomic E-state index is 12.9. The van der Waals surface area contributed by atoms with Crippen LogP contribution in [0.4, 0.5) is 0 Å². The first-order valence-corrected chi connectivity index (χ1v) is 10.5. The third-order valence-electron chi connectivity index (χ3n) is 3.85. The number of aryl methyl sites for hydroxylation is 1. The predicted molar refractivity (Wildman–Crippen MR) is 113 cm³/mol. The van der Waals surface area contributed by atoms with Crippen molar-refractivity contribution in [3.8, 4) is 0 Å². The van der Waals surface area contributed by atoms with E-state index in [1.807, 2.05) is 59.1 Å². The van der Waals surface area contributed by atoms with Gasteiger partial charge < -0.3 is 5.32 Å². The molecule has 7 heteroatoms. The molecule has 2 heterocycles. The molecule has 1 N–H and O–H groups in total. The number of aromatic nitrogens is 1. The van der Waals surface area contributed by atoms with E-state index in [2.05, 4.69) is 5.32 Å². The van der Waals surface area contributed by atoms with Gasteiger partial charge in [-0.05, 0) is 43.9 Å². The van der Waals surface area contributed by atoms with Gasteiger partial charge in [-0.1, -0.05) is 20.8 Å². The average Bonchev–Trinajstić information content (AvgIpc) is 3.05. The Labute approximate surface area is 167 Å². The van der Waals surface area contributed by atoms with Crippen LogP contribution in [-0.4, -0.2) is 22.3 Å². The predicted octanol–water partition coefficient (Wildman–Crippen LogP) is 2.03. The molecule has 0 saturated heterocycles. The zero-order chi connectivity index (χ0) is 20.4. The maximum Gasteiger partial charge on any atom is 0.269 e. The summed E-state index contributed by atoms with van der Waals surface area (Å²) in [5.74, 6) is -0.331. The number of thiazole rings is 1. The summed E-state index contributed by atoms with van der Waals surface area (Å²) < 4.78 is 2.41. The van der Waals surface area contributed by atoms with Crippen molar-refractivity contribution in [2.45, 2.75) is 54.1 Å². The molecule has 0 aromatic carbocycles. The number of Topliss-reactive ketones (excluding diaryl/α,β-unsaturated/α-hetero) is 1. The largest absolute Gasteiger partial charge is 0.352 e. The van der Waals surface area contributed by atoms with Gasteiger partial charge in [0.15, 0.2) is 5.78 Å². The van der Waals surface area contributed by atoms with E-state index >= 15 is 0 Å². The van der Waals surface area contributed by atoms with Crippen molar-refractivity contribution in [3.63, 3.8) is 0 Å². The normalized spacial score (nSPS) is 13.4. The molecule has 0 atom stereocenters. The molecule has 0 aliphatic carbocycles. The number of rotatable bonds is 5.